The Morgan fingerprint density at radius 3 is 1.65 bits per heavy atom. The van der Waals surface area contributed by atoms with Gasteiger partial charge in [0, 0.05) is 54.4 Å². The summed E-state index contributed by atoms with van der Waals surface area (Å²) in [5.41, 5.74) is 9.90. The van der Waals surface area contributed by atoms with Crippen molar-refractivity contribution in [1.29, 1.82) is 0 Å². The first kappa shape index (κ1) is 30.1. The molecule has 0 aliphatic carbocycles. The summed E-state index contributed by atoms with van der Waals surface area (Å²) in [6, 6.07) is 50.7. The van der Waals surface area contributed by atoms with Gasteiger partial charge in [0.1, 0.15) is 22.7 Å². The monoisotopic (exact) mass is 639 g/mol. The van der Waals surface area contributed by atoms with Crippen molar-refractivity contribution in [2.45, 2.75) is 5.54 Å². The molecule has 0 unspecified atom stereocenters. The number of rotatable bonds is 8. The standard InChI is InChI=1S/C43H34FN5/c1-47(2)38-25-20-31(21-26-38)40-28-45-41-27-22-33(29-48(40)41)39-30-49(46-42(39)32-18-23-37(44)24-19-32)43(34-12-6-3-7-13-34,35-14-8-4-9-15-35)36-16-10-5-11-17-36/h3-30H,1-2H3. The molecule has 0 saturated heterocycles. The highest BCUT2D eigenvalue weighted by atomic mass is 19.1. The van der Waals surface area contributed by atoms with E-state index in [1.54, 1.807) is 12.1 Å². The second-order valence-electron chi connectivity index (χ2n) is 12.4. The number of hydrogen-bond donors (Lipinski definition) is 0. The molecule has 8 aromatic rings. The van der Waals surface area contributed by atoms with Gasteiger partial charge in [-0.25, -0.2) is 9.37 Å². The second-order valence-corrected chi connectivity index (χ2v) is 12.4. The molecule has 238 valence electrons. The van der Waals surface area contributed by atoms with Crippen LogP contribution in [0.4, 0.5) is 10.1 Å². The van der Waals surface area contributed by atoms with Crippen LogP contribution in [0.2, 0.25) is 0 Å². The van der Waals surface area contributed by atoms with E-state index >= 15 is 0 Å². The lowest BCUT2D eigenvalue weighted by Gasteiger charge is -2.36. The predicted molar refractivity (Wildman–Crippen MR) is 196 cm³/mol. The maximum absolute atomic E-state index is 14.3. The van der Waals surface area contributed by atoms with Crippen LogP contribution in [0.15, 0.2) is 170 Å². The Balaban J connectivity index is 1.39. The van der Waals surface area contributed by atoms with Crippen LogP contribution in [0.25, 0.3) is 39.3 Å². The fourth-order valence-electron chi connectivity index (χ4n) is 6.80. The summed E-state index contributed by atoms with van der Waals surface area (Å²) < 4.78 is 18.5. The smallest absolute Gasteiger partial charge is 0.138 e. The summed E-state index contributed by atoms with van der Waals surface area (Å²) in [6.07, 6.45) is 6.18. The van der Waals surface area contributed by atoms with Crippen LogP contribution in [0.5, 0.6) is 0 Å². The fourth-order valence-corrected chi connectivity index (χ4v) is 6.80. The first-order valence-corrected chi connectivity index (χ1v) is 16.3. The van der Waals surface area contributed by atoms with E-state index in [1.807, 2.05) is 44.6 Å². The average molecular weight is 640 g/mol. The van der Waals surface area contributed by atoms with E-state index in [2.05, 4.69) is 130 Å². The molecule has 0 aliphatic rings. The van der Waals surface area contributed by atoms with E-state index in [4.69, 9.17) is 10.1 Å². The molecule has 3 heterocycles. The Morgan fingerprint density at radius 2 is 1.10 bits per heavy atom. The van der Waals surface area contributed by atoms with Crippen molar-refractivity contribution >= 4 is 11.3 Å². The molecular weight excluding hydrogens is 606 g/mol. The number of halogens is 1. The quantitative estimate of drug-likeness (QED) is 0.156. The second kappa shape index (κ2) is 12.4. The Bertz CT molecular complexity index is 2250. The third kappa shape index (κ3) is 5.28. The summed E-state index contributed by atoms with van der Waals surface area (Å²) in [4.78, 5) is 6.82. The van der Waals surface area contributed by atoms with Crippen LogP contribution in [-0.2, 0) is 5.54 Å². The van der Waals surface area contributed by atoms with E-state index in [0.717, 1.165) is 61.7 Å². The Kier molecular flexibility index (Phi) is 7.61. The molecule has 0 amide bonds. The van der Waals surface area contributed by atoms with Crippen molar-refractivity contribution in [1.82, 2.24) is 19.2 Å². The lowest BCUT2D eigenvalue weighted by Crippen LogP contribution is -2.38. The van der Waals surface area contributed by atoms with Gasteiger partial charge < -0.3 is 4.90 Å². The topological polar surface area (TPSA) is 38.4 Å². The van der Waals surface area contributed by atoms with Crippen LogP contribution in [-0.4, -0.2) is 33.3 Å². The van der Waals surface area contributed by atoms with Crippen LogP contribution >= 0.6 is 0 Å². The normalized spacial score (nSPS) is 11.6. The maximum atomic E-state index is 14.3. The van der Waals surface area contributed by atoms with Crippen molar-refractivity contribution < 1.29 is 4.39 Å². The molecule has 49 heavy (non-hydrogen) atoms. The molecule has 8 rings (SSSR count). The summed E-state index contributed by atoms with van der Waals surface area (Å²) >= 11 is 0. The zero-order chi connectivity index (χ0) is 33.4. The van der Waals surface area contributed by atoms with E-state index < -0.39 is 5.54 Å². The minimum absolute atomic E-state index is 0.290. The van der Waals surface area contributed by atoms with Crippen LogP contribution < -0.4 is 4.90 Å². The van der Waals surface area contributed by atoms with Gasteiger partial charge >= 0.3 is 0 Å². The molecule has 5 aromatic carbocycles. The van der Waals surface area contributed by atoms with Gasteiger partial charge in [0.2, 0.25) is 0 Å². The zero-order valence-electron chi connectivity index (χ0n) is 27.3. The minimum Gasteiger partial charge on any atom is -0.378 e. The molecule has 0 spiro atoms. The molecule has 0 N–H and O–H groups in total. The van der Waals surface area contributed by atoms with Crippen molar-refractivity contribution in [3.63, 3.8) is 0 Å². The Labute approximate surface area is 285 Å². The number of hydrogen-bond acceptors (Lipinski definition) is 3. The third-order valence-electron chi connectivity index (χ3n) is 9.25. The van der Waals surface area contributed by atoms with E-state index in [-0.39, 0.29) is 5.82 Å². The number of fused-ring (bicyclic) bond motifs is 1. The predicted octanol–water partition coefficient (Wildman–Crippen LogP) is 9.58. The van der Waals surface area contributed by atoms with E-state index in [9.17, 15) is 4.39 Å². The number of pyridine rings is 1. The Hall–Kier alpha value is -6.27. The highest BCUT2D eigenvalue weighted by Crippen LogP contribution is 2.43. The van der Waals surface area contributed by atoms with Gasteiger partial charge in [0.05, 0.1) is 11.9 Å². The first-order chi connectivity index (χ1) is 24.0. The molecule has 0 saturated carbocycles. The van der Waals surface area contributed by atoms with E-state index in [1.165, 1.54) is 12.1 Å². The molecule has 6 heteroatoms. The number of nitrogens with zero attached hydrogens (tertiary/aromatic N) is 5. The fraction of sp³-hybridized carbons (Fsp3) is 0.0698. The Morgan fingerprint density at radius 1 is 0.571 bits per heavy atom. The van der Waals surface area contributed by atoms with Crippen LogP contribution in [0.3, 0.4) is 0 Å². The molecule has 3 aromatic heterocycles. The SMILES string of the molecule is CN(C)c1ccc(-c2cnc3ccc(-c4cn(C(c5ccccc5)(c5ccccc5)c5ccccc5)nc4-c4ccc(F)cc4)cn23)cc1. The number of aromatic nitrogens is 4. The molecule has 0 atom stereocenters. The molecule has 5 nitrogen and oxygen atoms in total. The summed E-state index contributed by atoms with van der Waals surface area (Å²) in [6.45, 7) is 0. The summed E-state index contributed by atoms with van der Waals surface area (Å²) in [7, 11) is 4.08. The zero-order valence-corrected chi connectivity index (χ0v) is 27.3. The largest absolute Gasteiger partial charge is 0.378 e. The summed E-state index contributed by atoms with van der Waals surface area (Å²) in [5, 5.41) is 5.43. The van der Waals surface area contributed by atoms with Gasteiger partial charge in [-0.1, -0.05) is 103 Å². The number of imidazole rings is 1. The highest BCUT2D eigenvalue weighted by Gasteiger charge is 2.40. The molecule has 0 radical (unpaired) electrons. The van der Waals surface area contributed by atoms with Crippen molar-refractivity contribution in [2.75, 3.05) is 19.0 Å². The molecule has 0 fully saturated rings. The number of anilines is 1. The van der Waals surface area contributed by atoms with Gasteiger partial charge in [-0.05, 0) is 65.2 Å². The van der Waals surface area contributed by atoms with Gasteiger partial charge in [-0.15, -0.1) is 0 Å². The lowest BCUT2D eigenvalue weighted by molar-refractivity contribution is 0.461. The molecule has 0 aliphatic heterocycles. The van der Waals surface area contributed by atoms with Gasteiger partial charge in [0.25, 0.3) is 0 Å². The maximum Gasteiger partial charge on any atom is 0.138 e. The molecular formula is C43H34FN5. The average Bonchev–Trinajstić information content (AvgIpc) is 3.79. The van der Waals surface area contributed by atoms with Gasteiger partial charge in [0.15, 0.2) is 0 Å². The first-order valence-electron chi connectivity index (χ1n) is 16.3. The lowest BCUT2D eigenvalue weighted by atomic mass is 9.77. The van der Waals surface area contributed by atoms with Crippen molar-refractivity contribution in [3.8, 4) is 33.6 Å². The van der Waals surface area contributed by atoms with E-state index in [0.29, 0.717) is 0 Å². The minimum atomic E-state index is -0.810. The van der Waals surface area contributed by atoms with Crippen molar-refractivity contribution in [2.24, 2.45) is 0 Å². The van der Waals surface area contributed by atoms with Gasteiger partial charge in [-0.2, -0.15) is 5.10 Å². The summed E-state index contributed by atoms with van der Waals surface area (Å²) in [5.74, 6) is -0.290. The van der Waals surface area contributed by atoms with Gasteiger partial charge in [-0.3, -0.25) is 9.08 Å². The van der Waals surface area contributed by atoms with Crippen LogP contribution in [0, 0.1) is 5.82 Å². The number of benzene rings is 5. The third-order valence-corrected chi connectivity index (χ3v) is 9.25. The van der Waals surface area contributed by atoms with Crippen molar-refractivity contribution in [3.05, 3.63) is 193 Å². The van der Waals surface area contributed by atoms with Crippen LogP contribution in [0.1, 0.15) is 16.7 Å². The highest BCUT2D eigenvalue weighted by molar-refractivity contribution is 5.81. The molecule has 0 bridgehead atoms.